The molecular formula is C8H8N4O2. The normalized spacial score (nSPS) is 8.57. The van der Waals surface area contributed by atoms with Crippen molar-refractivity contribution in [1.29, 1.82) is 0 Å². The molecule has 0 unspecified atom stereocenters. The lowest BCUT2D eigenvalue weighted by atomic mass is 10.5. The number of hydrogen-bond donors (Lipinski definition) is 1. The van der Waals surface area contributed by atoms with Gasteiger partial charge in [0.2, 0.25) is 0 Å². The first kappa shape index (κ1) is 9.85. The lowest BCUT2D eigenvalue weighted by Crippen LogP contribution is -1.88. The van der Waals surface area contributed by atoms with Gasteiger partial charge in [-0.2, -0.15) is 0 Å². The molecule has 2 rings (SSSR count). The smallest absolute Gasteiger partial charge is 0.390 e. The molecule has 0 bridgehead atoms. The second-order valence-electron chi connectivity index (χ2n) is 2.19. The summed E-state index contributed by atoms with van der Waals surface area (Å²) >= 11 is 0. The maximum absolute atomic E-state index is 9.77. The summed E-state index contributed by atoms with van der Waals surface area (Å²) in [5.74, 6) is -0.218. The van der Waals surface area contributed by atoms with Gasteiger partial charge in [-0.05, 0) is 17.1 Å². The lowest BCUT2D eigenvalue weighted by Gasteiger charge is -1.83. The van der Waals surface area contributed by atoms with E-state index in [2.05, 4.69) is 15.0 Å². The summed E-state index contributed by atoms with van der Waals surface area (Å²) < 4.78 is 0. The van der Waals surface area contributed by atoms with Crippen LogP contribution in [0.5, 0.6) is 0 Å². The van der Waals surface area contributed by atoms with Gasteiger partial charge in [-0.25, -0.2) is 4.98 Å². The molecular weight excluding hydrogens is 184 g/mol. The van der Waals surface area contributed by atoms with Crippen molar-refractivity contribution in [3.63, 3.8) is 0 Å². The van der Waals surface area contributed by atoms with Crippen molar-refractivity contribution in [2.75, 3.05) is 0 Å². The van der Waals surface area contributed by atoms with Gasteiger partial charge in [-0.1, -0.05) is 11.1 Å². The van der Waals surface area contributed by atoms with Crippen LogP contribution in [0.3, 0.4) is 0 Å². The molecule has 1 N–H and O–H groups in total. The number of imidazole rings is 1. The topological polar surface area (TPSA) is 84.7 Å². The highest BCUT2D eigenvalue weighted by Crippen LogP contribution is 1.96. The molecule has 0 aliphatic heterocycles. The first-order valence-electron chi connectivity index (χ1n) is 3.79. The predicted octanol–water partition coefficient (Wildman–Crippen LogP) is 1.40. The Kier molecular flexibility index (Phi) is 3.81. The molecule has 0 saturated heterocycles. The fourth-order valence-electron chi connectivity index (χ4n) is 0.669. The number of nitro groups is 1. The second kappa shape index (κ2) is 5.41. The van der Waals surface area contributed by atoms with E-state index >= 15 is 0 Å². The zero-order valence-electron chi connectivity index (χ0n) is 7.20. The molecule has 0 aromatic carbocycles. The molecule has 14 heavy (non-hydrogen) atoms. The molecule has 0 atom stereocenters. The summed E-state index contributed by atoms with van der Waals surface area (Å²) in [6.45, 7) is 0. The molecule has 0 saturated carbocycles. The summed E-state index contributed by atoms with van der Waals surface area (Å²) in [7, 11) is 0. The van der Waals surface area contributed by atoms with Gasteiger partial charge in [0.15, 0.2) is 0 Å². The molecule has 0 amide bonds. The number of H-pyrrole nitrogens is 1. The van der Waals surface area contributed by atoms with Gasteiger partial charge in [0.05, 0.1) is 6.20 Å². The van der Waals surface area contributed by atoms with Crippen molar-refractivity contribution < 1.29 is 4.92 Å². The van der Waals surface area contributed by atoms with Gasteiger partial charge in [0, 0.05) is 12.4 Å². The van der Waals surface area contributed by atoms with E-state index in [4.69, 9.17) is 0 Å². The molecule has 2 heterocycles. The summed E-state index contributed by atoms with van der Waals surface area (Å²) in [4.78, 5) is 18.7. The average Bonchev–Trinajstić information content (AvgIpc) is 2.74. The SMILES string of the molecule is O=[N+]([O-])c1ncc[nH]1.c1ccncc1. The van der Waals surface area contributed by atoms with Crippen LogP contribution in [0, 0.1) is 10.1 Å². The molecule has 0 aliphatic carbocycles. The molecule has 6 heteroatoms. The number of hydrogen-bond acceptors (Lipinski definition) is 4. The third kappa shape index (κ3) is 3.44. The van der Waals surface area contributed by atoms with Gasteiger partial charge in [0.1, 0.15) is 6.20 Å². The molecule has 6 nitrogen and oxygen atoms in total. The van der Waals surface area contributed by atoms with Crippen LogP contribution in [0.4, 0.5) is 5.95 Å². The second-order valence-corrected chi connectivity index (χ2v) is 2.19. The van der Waals surface area contributed by atoms with Gasteiger partial charge in [-0.15, -0.1) is 0 Å². The third-order valence-electron chi connectivity index (χ3n) is 1.22. The van der Waals surface area contributed by atoms with Crippen molar-refractivity contribution in [2.45, 2.75) is 0 Å². The third-order valence-corrected chi connectivity index (χ3v) is 1.22. The number of pyridine rings is 1. The first-order chi connectivity index (χ1) is 6.80. The maximum Gasteiger partial charge on any atom is 0.432 e. The number of aromatic nitrogens is 3. The quantitative estimate of drug-likeness (QED) is 0.546. The van der Waals surface area contributed by atoms with Crippen molar-refractivity contribution in [2.24, 2.45) is 0 Å². The molecule has 0 spiro atoms. The minimum Gasteiger partial charge on any atom is -0.390 e. The van der Waals surface area contributed by atoms with Crippen LogP contribution in [-0.2, 0) is 0 Å². The van der Waals surface area contributed by atoms with E-state index in [1.165, 1.54) is 12.4 Å². The Labute approximate surface area is 79.8 Å². The predicted molar refractivity (Wildman–Crippen MR) is 49.5 cm³/mol. The van der Waals surface area contributed by atoms with Gasteiger partial charge < -0.3 is 10.1 Å². The number of aromatic amines is 1. The van der Waals surface area contributed by atoms with Crippen molar-refractivity contribution in [3.05, 3.63) is 53.1 Å². The van der Waals surface area contributed by atoms with Crippen LogP contribution in [0.1, 0.15) is 0 Å². The van der Waals surface area contributed by atoms with E-state index in [9.17, 15) is 10.1 Å². The minimum absolute atomic E-state index is 0.218. The molecule has 72 valence electrons. The fourth-order valence-corrected chi connectivity index (χ4v) is 0.669. The van der Waals surface area contributed by atoms with E-state index in [1.807, 2.05) is 18.2 Å². The Morgan fingerprint density at radius 3 is 2.14 bits per heavy atom. The summed E-state index contributed by atoms with van der Waals surface area (Å²) in [6, 6.07) is 5.72. The summed E-state index contributed by atoms with van der Waals surface area (Å²) in [6.07, 6.45) is 6.23. The number of nitrogens with zero attached hydrogens (tertiary/aromatic N) is 3. The number of nitrogens with one attached hydrogen (secondary N) is 1. The highest BCUT2D eigenvalue weighted by atomic mass is 16.6. The Bertz CT molecular complexity index is 333. The lowest BCUT2D eigenvalue weighted by molar-refractivity contribution is -0.393. The van der Waals surface area contributed by atoms with Crippen molar-refractivity contribution >= 4 is 5.95 Å². The van der Waals surface area contributed by atoms with Crippen LogP contribution in [-0.4, -0.2) is 19.9 Å². The zero-order valence-corrected chi connectivity index (χ0v) is 7.20. The Balaban J connectivity index is 0.000000146. The van der Waals surface area contributed by atoms with Gasteiger partial charge in [0.25, 0.3) is 0 Å². The van der Waals surface area contributed by atoms with Crippen LogP contribution in [0.2, 0.25) is 0 Å². The minimum atomic E-state index is -0.583. The highest BCUT2D eigenvalue weighted by molar-refractivity contribution is 5.00. The molecule has 2 aromatic rings. The van der Waals surface area contributed by atoms with Crippen LogP contribution < -0.4 is 0 Å². The van der Waals surface area contributed by atoms with E-state index in [-0.39, 0.29) is 5.95 Å². The molecule has 0 radical (unpaired) electrons. The van der Waals surface area contributed by atoms with E-state index in [1.54, 1.807) is 12.4 Å². The monoisotopic (exact) mass is 192 g/mol. The van der Waals surface area contributed by atoms with Crippen LogP contribution in [0.25, 0.3) is 0 Å². The Morgan fingerprint density at radius 1 is 1.21 bits per heavy atom. The van der Waals surface area contributed by atoms with E-state index in [0.717, 1.165) is 0 Å². The highest BCUT2D eigenvalue weighted by Gasteiger charge is 2.01. The van der Waals surface area contributed by atoms with Crippen LogP contribution >= 0.6 is 0 Å². The molecule has 0 aliphatic rings. The van der Waals surface area contributed by atoms with E-state index < -0.39 is 4.92 Å². The van der Waals surface area contributed by atoms with Crippen LogP contribution in [0.15, 0.2) is 43.0 Å². The average molecular weight is 192 g/mol. The van der Waals surface area contributed by atoms with Gasteiger partial charge >= 0.3 is 5.95 Å². The fraction of sp³-hybridized carbons (Fsp3) is 0. The first-order valence-corrected chi connectivity index (χ1v) is 3.79. The summed E-state index contributed by atoms with van der Waals surface area (Å²) in [5, 5.41) is 9.77. The van der Waals surface area contributed by atoms with Crippen molar-refractivity contribution in [3.8, 4) is 0 Å². The van der Waals surface area contributed by atoms with Gasteiger partial charge in [-0.3, -0.25) is 4.98 Å². The maximum atomic E-state index is 9.77. The molecule has 0 fully saturated rings. The zero-order chi connectivity index (χ0) is 10.2. The molecule has 2 aromatic heterocycles. The largest absolute Gasteiger partial charge is 0.432 e. The summed E-state index contributed by atoms with van der Waals surface area (Å²) in [5.41, 5.74) is 0. The number of rotatable bonds is 1. The standard InChI is InChI=1S/C5H5N.C3H3N3O2/c1-2-4-6-5-3-1;7-6(8)3-4-1-2-5-3/h1-5H;1-2H,(H,4,5). The van der Waals surface area contributed by atoms with Crippen molar-refractivity contribution in [1.82, 2.24) is 15.0 Å². The van der Waals surface area contributed by atoms with E-state index in [0.29, 0.717) is 0 Å². The Morgan fingerprint density at radius 2 is 1.93 bits per heavy atom. The Hall–Kier alpha value is -2.24.